The summed E-state index contributed by atoms with van der Waals surface area (Å²) >= 11 is 0. The number of para-hydroxylation sites is 1. The van der Waals surface area contributed by atoms with Gasteiger partial charge in [0.25, 0.3) is 0 Å². The van der Waals surface area contributed by atoms with Gasteiger partial charge in [0, 0.05) is 25.3 Å². The summed E-state index contributed by atoms with van der Waals surface area (Å²) in [6.45, 7) is 2.67. The summed E-state index contributed by atoms with van der Waals surface area (Å²) in [5, 5.41) is 5.37. The molecule has 2 rings (SSSR count). The Morgan fingerprint density at radius 2 is 1.80 bits per heavy atom. The first-order valence-corrected chi connectivity index (χ1v) is 9.80. The van der Waals surface area contributed by atoms with Gasteiger partial charge in [-0.15, -0.1) is 0 Å². The van der Waals surface area contributed by atoms with Gasteiger partial charge in [-0.05, 0) is 24.6 Å². The van der Waals surface area contributed by atoms with Crippen molar-refractivity contribution in [3.05, 3.63) is 65.7 Å². The van der Waals surface area contributed by atoms with Crippen LogP contribution in [0.2, 0.25) is 0 Å². The number of nitrogens with zero attached hydrogens (tertiary/aromatic N) is 1. The maximum absolute atomic E-state index is 12.0. The molecule has 0 fully saturated rings. The highest BCUT2D eigenvalue weighted by Gasteiger charge is 2.17. The molecule has 0 saturated carbocycles. The molecule has 0 unspecified atom stereocenters. The lowest BCUT2D eigenvalue weighted by atomic mass is 10.1. The van der Waals surface area contributed by atoms with Crippen LogP contribution in [-0.4, -0.2) is 38.1 Å². The number of hydrogen-bond donors (Lipinski definition) is 2. The van der Waals surface area contributed by atoms with Gasteiger partial charge < -0.3 is 10.6 Å². The molecule has 0 aromatic heterocycles. The highest BCUT2D eigenvalue weighted by atomic mass is 32.2. The van der Waals surface area contributed by atoms with Crippen molar-refractivity contribution in [2.75, 3.05) is 24.7 Å². The number of carbonyl (C=O) groups excluding carboxylic acids is 1. The van der Waals surface area contributed by atoms with Gasteiger partial charge >= 0.3 is 6.03 Å². The van der Waals surface area contributed by atoms with Crippen LogP contribution in [-0.2, 0) is 16.6 Å². The summed E-state index contributed by atoms with van der Waals surface area (Å²) in [6.07, 6.45) is 1.17. The summed E-state index contributed by atoms with van der Waals surface area (Å²) in [4.78, 5) is 11.9. The third-order valence-corrected chi connectivity index (χ3v) is 4.84. The van der Waals surface area contributed by atoms with Crippen LogP contribution in [0.5, 0.6) is 0 Å². The Hall–Kier alpha value is -2.38. The number of urea groups is 1. The fourth-order valence-corrected chi connectivity index (χ4v) is 3.17. The Bertz CT molecular complexity index is 807. The molecule has 0 radical (unpaired) electrons. The van der Waals surface area contributed by atoms with E-state index in [0.29, 0.717) is 5.69 Å². The first kappa shape index (κ1) is 19.0. The van der Waals surface area contributed by atoms with Gasteiger partial charge in [0.2, 0.25) is 10.0 Å². The molecular weight excluding hydrogens is 338 g/mol. The molecule has 2 amide bonds. The van der Waals surface area contributed by atoms with E-state index in [4.69, 9.17) is 0 Å². The quantitative estimate of drug-likeness (QED) is 0.796. The van der Waals surface area contributed by atoms with Crippen molar-refractivity contribution in [1.29, 1.82) is 0 Å². The number of sulfonamides is 1. The Kier molecular flexibility index (Phi) is 6.55. The van der Waals surface area contributed by atoms with Crippen molar-refractivity contribution in [3.8, 4) is 0 Å². The lowest BCUT2D eigenvalue weighted by Gasteiger charge is -2.20. The average Bonchev–Trinajstić information content (AvgIpc) is 2.54. The first-order valence-electron chi connectivity index (χ1n) is 7.95. The van der Waals surface area contributed by atoms with Crippen molar-refractivity contribution in [3.63, 3.8) is 0 Å². The number of hydrogen-bond acceptors (Lipinski definition) is 3. The molecule has 2 N–H and O–H groups in total. The Balaban J connectivity index is 1.89. The summed E-state index contributed by atoms with van der Waals surface area (Å²) in [6, 6.07) is 16.4. The van der Waals surface area contributed by atoms with Crippen LogP contribution in [0.25, 0.3) is 0 Å². The molecule has 2 aromatic rings. The molecule has 0 atom stereocenters. The highest BCUT2D eigenvalue weighted by molar-refractivity contribution is 7.88. The maximum atomic E-state index is 12.0. The Labute approximate surface area is 148 Å². The summed E-state index contributed by atoms with van der Waals surface area (Å²) in [5.41, 5.74) is 2.67. The number of amides is 2. The number of benzene rings is 2. The zero-order valence-electron chi connectivity index (χ0n) is 14.4. The van der Waals surface area contributed by atoms with E-state index in [1.54, 1.807) is 12.1 Å². The van der Waals surface area contributed by atoms with Crippen molar-refractivity contribution in [2.45, 2.75) is 13.5 Å². The molecule has 0 spiro atoms. The molecule has 0 heterocycles. The number of anilines is 1. The van der Waals surface area contributed by atoms with Crippen LogP contribution < -0.4 is 10.6 Å². The predicted molar refractivity (Wildman–Crippen MR) is 99.9 cm³/mol. The monoisotopic (exact) mass is 361 g/mol. The summed E-state index contributed by atoms with van der Waals surface area (Å²) in [7, 11) is -3.37. The number of rotatable bonds is 7. The van der Waals surface area contributed by atoms with E-state index in [-0.39, 0.29) is 25.7 Å². The van der Waals surface area contributed by atoms with Crippen molar-refractivity contribution in [2.24, 2.45) is 0 Å². The Morgan fingerprint density at radius 1 is 1.08 bits per heavy atom. The molecule has 134 valence electrons. The highest BCUT2D eigenvalue weighted by Crippen LogP contribution is 2.10. The topological polar surface area (TPSA) is 78.5 Å². The summed E-state index contributed by atoms with van der Waals surface area (Å²) < 4.78 is 25.3. The minimum atomic E-state index is -3.37. The molecule has 6 nitrogen and oxygen atoms in total. The second-order valence-electron chi connectivity index (χ2n) is 5.83. The normalized spacial score (nSPS) is 11.3. The molecule has 7 heteroatoms. The third-order valence-electron chi connectivity index (χ3n) is 3.59. The van der Waals surface area contributed by atoms with Crippen LogP contribution >= 0.6 is 0 Å². The predicted octanol–water partition coefficient (Wildman–Crippen LogP) is 2.58. The minimum Gasteiger partial charge on any atom is -0.337 e. The van der Waals surface area contributed by atoms with Gasteiger partial charge in [0.1, 0.15) is 0 Å². The first-order chi connectivity index (χ1) is 11.8. The molecule has 25 heavy (non-hydrogen) atoms. The SMILES string of the molecule is Cc1cccc(CN(CCNC(=O)Nc2ccccc2)S(C)(=O)=O)c1. The van der Waals surface area contributed by atoms with Crippen molar-refractivity contribution >= 4 is 21.7 Å². The zero-order chi connectivity index (χ0) is 18.3. The minimum absolute atomic E-state index is 0.203. The lowest BCUT2D eigenvalue weighted by Crippen LogP contribution is -2.39. The number of nitrogens with one attached hydrogen (secondary N) is 2. The fourth-order valence-electron chi connectivity index (χ4n) is 2.37. The fraction of sp³-hybridized carbons (Fsp3) is 0.278. The van der Waals surface area contributed by atoms with Crippen LogP contribution in [0.15, 0.2) is 54.6 Å². The van der Waals surface area contributed by atoms with Crippen LogP contribution in [0.3, 0.4) is 0 Å². The van der Waals surface area contributed by atoms with Crippen LogP contribution in [0.4, 0.5) is 10.5 Å². The third kappa shape index (κ3) is 6.56. The van der Waals surface area contributed by atoms with E-state index in [9.17, 15) is 13.2 Å². The van der Waals surface area contributed by atoms with E-state index >= 15 is 0 Å². The van der Waals surface area contributed by atoms with Crippen LogP contribution in [0, 0.1) is 6.92 Å². The van der Waals surface area contributed by atoms with E-state index < -0.39 is 10.0 Å². The van der Waals surface area contributed by atoms with Gasteiger partial charge in [0.15, 0.2) is 0 Å². The molecule has 0 aliphatic carbocycles. The second kappa shape index (κ2) is 8.64. The van der Waals surface area contributed by atoms with E-state index in [1.165, 1.54) is 10.6 Å². The van der Waals surface area contributed by atoms with Gasteiger partial charge in [-0.25, -0.2) is 13.2 Å². The zero-order valence-corrected chi connectivity index (χ0v) is 15.2. The van der Waals surface area contributed by atoms with Gasteiger partial charge in [-0.1, -0.05) is 48.0 Å². The number of aryl methyl sites for hydroxylation is 1. The molecule has 0 bridgehead atoms. The van der Waals surface area contributed by atoms with Crippen molar-refractivity contribution < 1.29 is 13.2 Å². The van der Waals surface area contributed by atoms with E-state index in [0.717, 1.165) is 11.1 Å². The maximum Gasteiger partial charge on any atom is 0.319 e. The molecule has 0 aliphatic rings. The van der Waals surface area contributed by atoms with Crippen molar-refractivity contribution in [1.82, 2.24) is 9.62 Å². The van der Waals surface area contributed by atoms with Crippen LogP contribution in [0.1, 0.15) is 11.1 Å². The largest absolute Gasteiger partial charge is 0.337 e. The summed E-state index contributed by atoms with van der Waals surface area (Å²) in [5.74, 6) is 0. The lowest BCUT2D eigenvalue weighted by molar-refractivity contribution is 0.251. The molecular formula is C18H23N3O3S. The number of carbonyl (C=O) groups is 1. The smallest absolute Gasteiger partial charge is 0.319 e. The van der Waals surface area contributed by atoms with E-state index in [2.05, 4.69) is 10.6 Å². The van der Waals surface area contributed by atoms with E-state index in [1.807, 2.05) is 49.4 Å². The standard InChI is InChI=1S/C18H23N3O3S/c1-15-7-6-8-16(13-15)14-21(25(2,23)24)12-11-19-18(22)20-17-9-4-3-5-10-17/h3-10,13H,11-12,14H2,1-2H3,(H2,19,20,22). The van der Waals surface area contributed by atoms with Gasteiger partial charge in [-0.3, -0.25) is 0 Å². The average molecular weight is 361 g/mol. The second-order valence-corrected chi connectivity index (χ2v) is 7.81. The molecule has 0 aliphatic heterocycles. The Morgan fingerprint density at radius 3 is 2.44 bits per heavy atom. The molecule has 2 aromatic carbocycles. The van der Waals surface area contributed by atoms with Gasteiger partial charge in [0.05, 0.1) is 6.26 Å². The molecule has 0 saturated heterocycles. The van der Waals surface area contributed by atoms with Gasteiger partial charge in [-0.2, -0.15) is 4.31 Å².